The maximum absolute atomic E-state index is 11.5. The Morgan fingerprint density at radius 1 is 1.08 bits per heavy atom. The summed E-state index contributed by atoms with van der Waals surface area (Å²) in [7, 11) is 0. The molecule has 0 bridgehead atoms. The summed E-state index contributed by atoms with van der Waals surface area (Å²) in [6, 6.07) is 6.97. The number of pyridine rings is 1. The Morgan fingerprint density at radius 2 is 1.75 bits per heavy atom. The van der Waals surface area contributed by atoms with Crippen LogP contribution in [0.4, 0.5) is 0 Å². The van der Waals surface area contributed by atoms with Crippen LogP contribution in [0.25, 0.3) is 10.9 Å². The molecule has 1 aromatic heterocycles. The summed E-state index contributed by atoms with van der Waals surface area (Å²) < 4.78 is 0. The van der Waals surface area contributed by atoms with E-state index in [1.807, 2.05) is 0 Å². The van der Waals surface area contributed by atoms with E-state index in [2.05, 4.69) is 4.98 Å². The summed E-state index contributed by atoms with van der Waals surface area (Å²) in [4.78, 5) is 37.7. The number of aromatic nitrogens is 1. The molecule has 0 radical (unpaired) electrons. The first-order valence-corrected chi connectivity index (χ1v) is 6.66. The zero-order valence-corrected chi connectivity index (χ0v) is 12.1. The number of rotatable bonds is 6. The second-order valence-corrected chi connectivity index (χ2v) is 5.16. The molecule has 0 aliphatic carbocycles. The third kappa shape index (κ3) is 2.97. The topological polar surface area (TPSA) is 165 Å². The summed E-state index contributed by atoms with van der Waals surface area (Å²) in [5.74, 6) is -7.86. The standard InChI is InChI=1S/C15H13NO8/c17-9-3-1-2-7-4-5-8(16-12(7)9)11(13(20)21)15(24,14(22)23)6-10(18)19/h1-5,11,17,24H,6H2,(H,18,19)(H,20,21)(H,22,23). The zero-order chi connectivity index (χ0) is 18.1. The van der Waals surface area contributed by atoms with Gasteiger partial charge in [0.1, 0.15) is 17.2 Å². The first-order chi connectivity index (χ1) is 11.2. The summed E-state index contributed by atoms with van der Waals surface area (Å²) in [6.07, 6.45) is -1.33. The number of benzene rings is 1. The van der Waals surface area contributed by atoms with Gasteiger partial charge in [0, 0.05) is 5.39 Å². The Labute approximate surface area is 134 Å². The Kier molecular flexibility index (Phi) is 4.38. The maximum Gasteiger partial charge on any atom is 0.337 e. The third-order valence-corrected chi connectivity index (χ3v) is 3.53. The Morgan fingerprint density at radius 3 is 2.29 bits per heavy atom. The van der Waals surface area contributed by atoms with Gasteiger partial charge in [0.2, 0.25) is 0 Å². The molecular weight excluding hydrogens is 322 g/mol. The van der Waals surface area contributed by atoms with E-state index in [1.165, 1.54) is 18.2 Å². The quantitative estimate of drug-likeness (QED) is 0.502. The number of hydrogen-bond acceptors (Lipinski definition) is 6. The van der Waals surface area contributed by atoms with Gasteiger partial charge in [-0.15, -0.1) is 0 Å². The lowest BCUT2D eigenvalue weighted by Gasteiger charge is -2.28. The number of carboxylic acids is 3. The number of carboxylic acid groups (broad SMARTS) is 3. The second-order valence-electron chi connectivity index (χ2n) is 5.16. The van der Waals surface area contributed by atoms with E-state index in [0.29, 0.717) is 5.39 Å². The van der Waals surface area contributed by atoms with Crippen LogP contribution in [0.2, 0.25) is 0 Å². The van der Waals surface area contributed by atoms with Crippen LogP contribution < -0.4 is 0 Å². The number of para-hydroxylation sites is 1. The first kappa shape index (κ1) is 17.2. The van der Waals surface area contributed by atoms with Gasteiger partial charge in [0.05, 0.1) is 12.1 Å². The molecule has 24 heavy (non-hydrogen) atoms. The normalized spacial score (nSPS) is 14.7. The van der Waals surface area contributed by atoms with E-state index < -0.39 is 35.8 Å². The van der Waals surface area contributed by atoms with Crippen molar-refractivity contribution in [1.29, 1.82) is 0 Å². The number of fused-ring (bicyclic) bond motifs is 1. The van der Waals surface area contributed by atoms with Crippen LogP contribution in [0.5, 0.6) is 5.75 Å². The van der Waals surface area contributed by atoms with E-state index >= 15 is 0 Å². The van der Waals surface area contributed by atoms with Crippen LogP contribution in [-0.4, -0.2) is 54.0 Å². The molecule has 0 saturated carbocycles. The molecular formula is C15H13NO8. The van der Waals surface area contributed by atoms with Crippen LogP contribution in [-0.2, 0) is 14.4 Å². The van der Waals surface area contributed by atoms with Gasteiger partial charge in [-0.1, -0.05) is 18.2 Å². The SMILES string of the molecule is O=C(O)CC(O)(C(=O)O)C(C(=O)O)c1ccc2cccc(O)c2n1. The van der Waals surface area contributed by atoms with Crippen molar-refractivity contribution in [3.8, 4) is 5.75 Å². The first-order valence-electron chi connectivity index (χ1n) is 6.66. The van der Waals surface area contributed by atoms with Crippen molar-refractivity contribution in [1.82, 2.24) is 4.98 Å². The number of hydrogen-bond donors (Lipinski definition) is 5. The number of carbonyl (C=O) groups is 3. The summed E-state index contributed by atoms with van der Waals surface area (Å²) in [6.45, 7) is 0. The molecule has 2 unspecified atom stereocenters. The van der Waals surface area contributed by atoms with Gasteiger partial charge < -0.3 is 25.5 Å². The van der Waals surface area contributed by atoms with Crippen LogP contribution in [0.3, 0.4) is 0 Å². The Bertz CT molecular complexity index is 833. The maximum atomic E-state index is 11.5. The summed E-state index contributed by atoms with van der Waals surface area (Å²) >= 11 is 0. The fourth-order valence-electron chi connectivity index (χ4n) is 2.41. The fraction of sp³-hybridized carbons (Fsp3) is 0.200. The molecule has 0 saturated heterocycles. The third-order valence-electron chi connectivity index (χ3n) is 3.53. The van der Waals surface area contributed by atoms with E-state index in [0.717, 1.165) is 6.07 Å². The predicted molar refractivity (Wildman–Crippen MR) is 78.6 cm³/mol. The van der Waals surface area contributed by atoms with Gasteiger partial charge in [-0.3, -0.25) is 9.59 Å². The number of aliphatic hydroxyl groups is 1. The molecule has 0 aliphatic rings. The van der Waals surface area contributed by atoms with E-state index in [1.54, 1.807) is 6.07 Å². The molecule has 5 N–H and O–H groups in total. The van der Waals surface area contributed by atoms with E-state index in [-0.39, 0.29) is 17.0 Å². The smallest absolute Gasteiger partial charge is 0.337 e. The van der Waals surface area contributed by atoms with E-state index in [4.69, 9.17) is 5.11 Å². The Balaban J connectivity index is 2.66. The van der Waals surface area contributed by atoms with Crippen LogP contribution in [0.1, 0.15) is 18.0 Å². The minimum Gasteiger partial charge on any atom is -0.506 e. The number of nitrogens with zero attached hydrogens (tertiary/aromatic N) is 1. The lowest BCUT2D eigenvalue weighted by Crippen LogP contribution is -2.49. The Hall–Kier alpha value is -3.20. The molecule has 1 aromatic carbocycles. The summed E-state index contributed by atoms with van der Waals surface area (Å²) in [5.41, 5.74) is -3.49. The fourth-order valence-corrected chi connectivity index (χ4v) is 2.41. The molecule has 126 valence electrons. The number of aromatic hydroxyl groups is 1. The molecule has 0 spiro atoms. The molecule has 0 amide bonds. The number of aliphatic carboxylic acids is 3. The zero-order valence-electron chi connectivity index (χ0n) is 12.1. The highest BCUT2D eigenvalue weighted by Crippen LogP contribution is 2.33. The van der Waals surface area contributed by atoms with Crippen LogP contribution in [0, 0.1) is 0 Å². The van der Waals surface area contributed by atoms with Gasteiger partial charge in [-0.25, -0.2) is 9.78 Å². The van der Waals surface area contributed by atoms with Crippen molar-refractivity contribution < 1.29 is 39.9 Å². The lowest BCUT2D eigenvalue weighted by atomic mass is 9.81. The van der Waals surface area contributed by atoms with Crippen molar-refractivity contribution in [2.45, 2.75) is 17.9 Å². The molecule has 9 nitrogen and oxygen atoms in total. The lowest BCUT2D eigenvalue weighted by molar-refractivity contribution is -0.173. The molecule has 0 fully saturated rings. The molecule has 0 aliphatic heterocycles. The van der Waals surface area contributed by atoms with Crippen molar-refractivity contribution in [2.75, 3.05) is 0 Å². The molecule has 2 aromatic rings. The largest absolute Gasteiger partial charge is 0.506 e. The summed E-state index contributed by atoms with van der Waals surface area (Å²) in [5, 5.41) is 47.8. The molecule has 9 heteroatoms. The highest BCUT2D eigenvalue weighted by molar-refractivity contribution is 5.93. The average molecular weight is 335 g/mol. The van der Waals surface area contributed by atoms with Gasteiger partial charge in [-0.05, 0) is 12.1 Å². The predicted octanol–water partition coefficient (Wildman–Crippen LogP) is 0.399. The second kappa shape index (κ2) is 6.13. The van der Waals surface area contributed by atoms with Gasteiger partial charge in [-0.2, -0.15) is 0 Å². The highest BCUT2D eigenvalue weighted by Gasteiger charge is 2.51. The monoisotopic (exact) mass is 335 g/mol. The van der Waals surface area contributed by atoms with Crippen LogP contribution >= 0.6 is 0 Å². The molecule has 2 rings (SSSR count). The van der Waals surface area contributed by atoms with Gasteiger partial charge in [0.15, 0.2) is 5.60 Å². The van der Waals surface area contributed by atoms with Gasteiger partial charge in [0.25, 0.3) is 0 Å². The van der Waals surface area contributed by atoms with Crippen LogP contribution in [0.15, 0.2) is 30.3 Å². The molecule has 1 heterocycles. The van der Waals surface area contributed by atoms with E-state index in [9.17, 15) is 34.8 Å². The average Bonchev–Trinajstić information content (AvgIpc) is 2.46. The highest BCUT2D eigenvalue weighted by atomic mass is 16.4. The van der Waals surface area contributed by atoms with Crippen molar-refractivity contribution >= 4 is 28.8 Å². The van der Waals surface area contributed by atoms with Crippen molar-refractivity contribution in [3.63, 3.8) is 0 Å². The number of phenolic OH excluding ortho intramolecular Hbond substituents is 1. The van der Waals surface area contributed by atoms with Crippen molar-refractivity contribution in [3.05, 3.63) is 36.0 Å². The minimum atomic E-state index is -3.11. The van der Waals surface area contributed by atoms with Crippen molar-refractivity contribution in [2.24, 2.45) is 0 Å². The number of phenols is 1. The minimum absolute atomic E-state index is 0.00399. The molecule has 2 atom stereocenters. The van der Waals surface area contributed by atoms with Gasteiger partial charge >= 0.3 is 17.9 Å².